The Morgan fingerprint density at radius 3 is 2.76 bits per heavy atom. The van der Waals surface area contributed by atoms with Gasteiger partial charge < -0.3 is 5.32 Å². The number of rotatable bonds is 3. The molecule has 2 aromatic rings. The monoisotopic (exact) mass is 322 g/mol. The van der Waals surface area contributed by atoms with Gasteiger partial charge in [0.2, 0.25) is 0 Å². The number of nitro groups is 1. The zero-order chi connectivity index (χ0) is 15.0. The second kappa shape index (κ2) is 5.54. The summed E-state index contributed by atoms with van der Waals surface area (Å²) in [7, 11) is 0. The number of benzene rings is 2. The van der Waals surface area contributed by atoms with E-state index in [1.54, 1.807) is 12.1 Å². The Morgan fingerprint density at radius 2 is 2.00 bits per heavy atom. The molecule has 0 bridgehead atoms. The molecule has 21 heavy (non-hydrogen) atoms. The average molecular weight is 323 g/mol. The molecule has 1 aliphatic rings. The van der Waals surface area contributed by atoms with Gasteiger partial charge in [-0.15, -0.1) is 0 Å². The van der Waals surface area contributed by atoms with Crippen molar-refractivity contribution in [1.82, 2.24) is 0 Å². The maximum absolute atomic E-state index is 10.9. The number of hydrogen-bond acceptors (Lipinski definition) is 3. The van der Waals surface area contributed by atoms with E-state index < -0.39 is 4.92 Å². The molecule has 1 N–H and O–H groups in total. The third-order valence-corrected chi connectivity index (χ3v) is 4.22. The van der Waals surface area contributed by atoms with Gasteiger partial charge in [-0.1, -0.05) is 29.3 Å². The highest BCUT2D eigenvalue weighted by molar-refractivity contribution is 6.32. The molecule has 0 saturated carbocycles. The van der Waals surface area contributed by atoms with Crippen LogP contribution in [-0.4, -0.2) is 4.92 Å². The van der Waals surface area contributed by atoms with Gasteiger partial charge in [0.05, 0.1) is 11.0 Å². The highest BCUT2D eigenvalue weighted by atomic mass is 35.5. The molecule has 1 unspecified atom stereocenters. The maximum atomic E-state index is 10.9. The topological polar surface area (TPSA) is 55.2 Å². The molecule has 0 aliphatic heterocycles. The highest BCUT2D eigenvalue weighted by Gasteiger charge is 2.23. The normalized spacial score (nSPS) is 16.6. The summed E-state index contributed by atoms with van der Waals surface area (Å²) >= 11 is 11.8. The van der Waals surface area contributed by atoms with Crippen molar-refractivity contribution in [1.29, 1.82) is 0 Å². The third kappa shape index (κ3) is 2.82. The molecule has 2 aromatic carbocycles. The summed E-state index contributed by atoms with van der Waals surface area (Å²) in [5, 5.41) is 15.1. The number of nitrogens with zero attached hydrogens (tertiary/aromatic N) is 1. The average Bonchev–Trinajstić information content (AvgIpc) is 2.83. The van der Waals surface area contributed by atoms with E-state index in [1.165, 1.54) is 17.2 Å². The number of fused-ring (bicyclic) bond motifs is 1. The van der Waals surface area contributed by atoms with Crippen LogP contribution < -0.4 is 5.32 Å². The molecule has 4 nitrogen and oxygen atoms in total. The van der Waals surface area contributed by atoms with Crippen molar-refractivity contribution in [3.8, 4) is 0 Å². The smallest absolute Gasteiger partial charge is 0.289 e. The van der Waals surface area contributed by atoms with Crippen LogP contribution in [0.2, 0.25) is 10.0 Å². The first kappa shape index (κ1) is 14.2. The minimum Gasteiger partial charge on any atom is -0.378 e. The van der Waals surface area contributed by atoms with Crippen LogP contribution in [0.1, 0.15) is 23.6 Å². The number of halogens is 2. The molecule has 0 fully saturated rings. The van der Waals surface area contributed by atoms with E-state index in [2.05, 4.69) is 5.32 Å². The molecule has 1 aliphatic carbocycles. The lowest BCUT2D eigenvalue weighted by atomic mass is 10.1. The Hall–Kier alpha value is -1.78. The lowest BCUT2D eigenvalue weighted by Gasteiger charge is -2.15. The van der Waals surface area contributed by atoms with Crippen LogP contribution in [0.5, 0.6) is 0 Å². The van der Waals surface area contributed by atoms with E-state index in [0.29, 0.717) is 5.69 Å². The first-order chi connectivity index (χ1) is 10.0. The molecule has 0 heterocycles. The van der Waals surface area contributed by atoms with Crippen LogP contribution in [0.4, 0.5) is 11.4 Å². The molecule has 3 rings (SSSR count). The second-order valence-electron chi connectivity index (χ2n) is 5.00. The van der Waals surface area contributed by atoms with Crippen LogP contribution in [0.3, 0.4) is 0 Å². The van der Waals surface area contributed by atoms with Gasteiger partial charge in [-0.25, -0.2) is 0 Å². The van der Waals surface area contributed by atoms with Crippen molar-refractivity contribution in [2.75, 3.05) is 5.32 Å². The van der Waals surface area contributed by atoms with E-state index >= 15 is 0 Å². The van der Waals surface area contributed by atoms with Crippen molar-refractivity contribution in [2.45, 2.75) is 18.9 Å². The predicted octanol–water partition coefficient (Wildman–Crippen LogP) is 5.00. The number of hydrogen-bond donors (Lipinski definition) is 1. The fraction of sp³-hybridized carbons (Fsp3) is 0.200. The van der Waals surface area contributed by atoms with Gasteiger partial charge in [0.15, 0.2) is 0 Å². The van der Waals surface area contributed by atoms with E-state index in [9.17, 15) is 10.1 Å². The van der Waals surface area contributed by atoms with Crippen molar-refractivity contribution in [3.63, 3.8) is 0 Å². The van der Waals surface area contributed by atoms with Crippen LogP contribution in [0.25, 0.3) is 0 Å². The Morgan fingerprint density at radius 1 is 1.19 bits per heavy atom. The molecule has 0 saturated heterocycles. The summed E-state index contributed by atoms with van der Waals surface area (Å²) in [6.07, 6.45) is 1.88. The first-order valence-electron chi connectivity index (χ1n) is 6.53. The van der Waals surface area contributed by atoms with Gasteiger partial charge in [-0.2, -0.15) is 0 Å². The molecule has 0 spiro atoms. The fourth-order valence-corrected chi connectivity index (χ4v) is 3.06. The molecule has 108 valence electrons. The Labute approximate surface area is 131 Å². The number of anilines is 1. The van der Waals surface area contributed by atoms with Crippen LogP contribution in [-0.2, 0) is 6.42 Å². The summed E-state index contributed by atoms with van der Waals surface area (Å²) in [4.78, 5) is 10.4. The third-order valence-electron chi connectivity index (χ3n) is 3.67. The first-order valence-corrected chi connectivity index (χ1v) is 7.29. The predicted molar refractivity (Wildman–Crippen MR) is 84.2 cm³/mol. The zero-order valence-electron chi connectivity index (χ0n) is 11.0. The van der Waals surface area contributed by atoms with Gasteiger partial charge in [0, 0.05) is 16.8 Å². The van der Waals surface area contributed by atoms with Gasteiger partial charge >= 0.3 is 0 Å². The number of nitro benzene ring substituents is 1. The number of nitrogens with one attached hydrogen (secondary N) is 1. The van der Waals surface area contributed by atoms with Crippen molar-refractivity contribution < 1.29 is 4.92 Å². The lowest BCUT2D eigenvalue weighted by molar-refractivity contribution is -0.384. The Bertz CT molecular complexity index is 719. The van der Waals surface area contributed by atoms with Crippen LogP contribution in [0, 0.1) is 10.1 Å². The van der Waals surface area contributed by atoms with E-state index in [1.807, 2.05) is 18.2 Å². The SMILES string of the molecule is O=[N+]([O-])c1cc(NC2CCc3cc(Cl)ccc32)ccc1Cl. The Balaban J connectivity index is 1.86. The summed E-state index contributed by atoms with van der Waals surface area (Å²) in [5.41, 5.74) is 3.02. The van der Waals surface area contributed by atoms with Crippen molar-refractivity contribution in [2.24, 2.45) is 0 Å². The van der Waals surface area contributed by atoms with Gasteiger partial charge in [0.25, 0.3) is 5.69 Å². The molecule has 1 atom stereocenters. The van der Waals surface area contributed by atoms with Crippen LogP contribution >= 0.6 is 23.2 Å². The summed E-state index contributed by atoms with van der Waals surface area (Å²) in [6, 6.07) is 10.7. The van der Waals surface area contributed by atoms with Gasteiger partial charge in [0.1, 0.15) is 5.02 Å². The molecule has 0 radical (unpaired) electrons. The molecular weight excluding hydrogens is 311 g/mol. The lowest BCUT2D eigenvalue weighted by Crippen LogP contribution is -2.07. The maximum Gasteiger partial charge on any atom is 0.289 e. The quantitative estimate of drug-likeness (QED) is 0.639. The second-order valence-corrected chi connectivity index (χ2v) is 5.85. The van der Waals surface area contributed by atoms with E-state index in [4.69, 9.17) is 23.2 Å². The van der Waals surface area contributed by atoms with Crippen molar-refractivity contribution >= 4 is 34.6 Å². The largest absolute Gasteiger partial charge is 0.378 e. The van der Waals surface area contributed by atoms with Crippen molar-refractivity contribution in [3.05, 3.63) is 67.7 Å². The summed E-state index contributed by atoms with van der Waals surface area (Å²) in [5.74, 6) is 0. The number of aryl methyl sites for hydroxylation is 1. The molecular formula is C15H12Cl2N2O2. The minimum atomic E-state index is -0.476. The summed E-state index contributed by atoms with van der Waals surface area (Å²) in [6.45, 7) is 0. The molecule has 0 amide bonds. The standard InChI is InChI=1S/C15H12Cl2N2O2/c16-10-2-4-12-9(7-10)1-6-14(12)18-11-3-5-13(17)15(8-11)19(20)21/h2-5,7-8,14,18H,1,6H2. The van der Waals surface area contributed by atoms with Crippen LogP contribution in [0.15, 0.2) is 36.4 Å². The van der Waals surface area contributed by atoms with Gasteiger partial charge in [-0.05, 0) is 48.2 Å². The van der Waals surface area contributed by atoms with E-state index in [0.717, 1.165) is 17.9 Å². The molecule has 0 aromatic heterocycles. The zero-order valence-corrected chi connectivity index (χ0v) is 12.5. The Kier molecular flexibility index (Phi) is 3.74. The summed E-state index contributed by atoms with van der Waals surface area (Å²) < 4.78 is 0. The van der Waals surface area contributed by atoms with Gasteiger partial charge in [-0.3, -0.25) is 10.1 Å². The fourth-order valence-electron chi connectivity index (χ4n) is 2.68. The molecule has 6 heteroatoms. The highest BCUT2D eigenvalue weighted by Crippen LogP contribution is 2.36. The minimum absolute atomic E-state index is 0.0870. The van der Waals surface area contributed by atoms with E-state index in [-0.39, 0.29) is 16.8 Å².